The van der Waals surface area contributed by atoms with Crippen molar-refractivity contribution < 1.29 is 4.39 Å². The number of nitrogens with one attached hydrogen (secondary N) is 1. The van der Waals surface area contributed by atoms with Crippen molar-refractivity contribution in [3.63, 3.8) is 0 Å². The van der Waals surface area contributed by atoms with Crippen molar-refractivity contribution in [2.24, 2.45) is 5.84 Å². The van der Waals surface area contributed by atoms with Crippen LogP contribution in [-0.2, 0) is 6.42 Å². The molecule has 1 aromatic heterocycles. The topological polar surface area (TPSA) is 50.9 Å². The van der Waals surface area contributed by atoms with Gasteiger partial charge in [-0.1, -0.05) is 18.2 Å². The van der Waals surface area contributed by atoms with Crippen LogP contribution in [0.1, 0.15) is 22.7 Å². The molecule has 0 fully saturated rings. The van der Waals surface area contributed by atoms with Crippen molar-refractivity contribution in [1.29, 1.82) is 0 Å². The normalized spacial score (nSPS) is 12.4. The molecule has 3 nitrogen and oxygen atoms in total. The number of aryl methyl sites for hydroxylation is 1. The number of hydrogen-bond acceptors (Lipinski definition) is 3. The van der Waals surface area contributed by atoms with Crippen LogP contribution in [-0.4, -0.2) is 4.98 Å². The molecule has 1 heterocycles. The quantitative estimate of drug-likeness (QED) is 0.642. The highest BCUT2D eigenvalue weighted by Crippen LogP contribution is 2.21. The summed E-state index contributed by atoms with van der Waals surface area (Å²) in [5.74, 6) is 5.37. The molecule has 0 spiro atoms. The maximum atomic E-state index is 13.6. The van der Waals surface area contributed by atoms with Crippen molar-refractivity contribution in [2.45, 2.75) is 19.4 Å². The smallest absolute Gasteiger partial charge is 0.126 e. The summed E-state index contributed by atoms with van der Waals surface area (Å²) in [5.41, 5.74) is 5.47. The predicted octanol–water partition coefficient (Wildman–Crippen LogP) is 2.28. The highest BCUT2D eigenvalue weighted by atomic mass is 19.1. The average molecular weight is 245 g/mol. The summed E-state index contributed by atoms with van der Waals surface area (Å²) in [7, 11) is 0. The Morgan fingerprint density at radius 1 is 1.33 bits per heavy atom. The first-order valence-corrected chi connectivity index (χ1v) is 5.82. The first kappa shape index (κ1) is 12.7. The van der Waals surface area contributed by atoms with E-state index in [9.17, 15) is 4.39 Å². The Kier molecular flexibility index (Phi) is 4.02. The number of aromatic nitrogens is 1. The van der Waals surface area contributed by atoms with Crippen LogP contribution in [0.25, 0.3) is 0 Å². The Balaban J connectivity index is 2.26. The molecule has 0 radical (unpaired) electrons. The van der Waals surface area contributed by atoms with Crippen molar-refractivity contribution >= 4 is 0 Å². The van der Waals surface area contributed by atoms with Gasteiger partial charge < -0.3 is 0 Å². The summed E-state index contributed by atoms with van der Waals surface area (Å²) >= 11 is 0. The number of hydrogen-bond donors (Lipinski definition) is 2. The van der Waals surface area contributed by atoms with Crippen LogP contribution >= 0.6 is 0 Å². The minimum atomic E-state index is -0.204. The summed E-state index contributed by atoms with van der Waals surface area (Å²) in [4.78, 5) is 4.04. The predicted molar refractivity (Wildman–Crippen MR) is 69.1 cm³/mol. The van der Waals surface area contributed by atoms with E-state index in [2.05, 4.69) is 10.4 Å². The molecule has 0 aliphatic carbocycles. The zero-order valence-electron chi connectivity index (χ0n) is 10.2. The van der Waals surface area contributed by atoms with Crippen LogP contribution in [0.4, 0.5) is 4.39 Å². The van der Waals surface area contributed by atoms with Gasteiger partial charge in [-0.25, -0.2) is 4.39 Å². The first-order valence-electron chi connectivity index (χ1n) is 5.82. The van der Waals surface area contributed by atoms with E-state index in [0.29, 0.717) is 12.0 Å². The van der Waals surface area contributed by atoms with E-state index < -0.39 is 0 Å². The van der Waals surface area contributed by atoms with Gasteiger partial charge in [0.1, 0.15) is 5.82 Å². The standard InChI is InChI=1S/C14H16FN3/c1-10-9-17-7-6-12(10)14(18-16)8-11-4-2-3-5-13(11)15/h2-7,9,14,18H,8,16H2,1H3. The minimum absolute atomic E-state index is 0.120. The third-order valence-corrected chi connectivity index (χ3v) is 3.02. The fraction of sp³-hybridized carbons (Fsp3) is 0.214. The van der Waals surface area contributed by atoms with Crippen molar-refractivity contribution in [3.8, 4) is 0 Å². The van der Waals surface area contributed by atoms with Gasteiger partial charge in [-0.3, -0.25) is 16.3 Å². The maximum absolute atomic E-state index is 13.6. The lowest BCUT2D eigenvalue weighted by atomic mass is 9.97. The second kappa shape index (κ2) is 5.71. The van der Waals surface area contributed by atoms with E-state index in [1.54, 1.807) is 24.5 Å². The van der Waals surface area contributed by atoms with E-state index in [1.165, 1.54) is 6.07 Å². The molecule has 2 aromatic rings. The van der Waals surface area contributed by atoms with Crippen molar-refractivity contribution in [2.75, 3.05) is 0 Å². The van der Waals surface area contributed by atoms with Gasteiger partial charge in [-0.05, 0) is 42.2 Å². The first-order chi connectivity index (χ1) is 8.72. The molecule has 2 rings (SSSR count). The Morgan fingerprint density at radius 3 is 2.78 bits per heavy atom. The van der Waals surface area contributed by atoms with Crippen LogP contribution in [0.5, 0.6) is 0 Å². The molecule has 0 aliphatic heterocycles. The van der Waals surface area contributed by atoms with E-state index >= 15 is 0 Å². The summed E-state index contributed by atoms with van der Waals surface area (Å²) in [6, 6.07) is 8.52. The highest BCUT2D eigenvalue weighted by Gasteiger charge is 2.14. The Bertz CT molecular complexity index is 528. The molecule has 0 aliphatic rings. The van der Waals surface area contributed by atoms with E-state index in [4.69, 9.17) is 5.84 Å². The molecular weight excluding hydrogens is 229 g/mol. The lowest BCUT2D eigenvalue weighted by Crippen LogP contribution is -2.30. The average Bonchev–Trinajstić information content (AvgIpc) is 2.39. The molecule has 3 N–H and O–H groups in total. The van der Waals surface area contributed by atoms with Crippen molar-refractivity contribution in [1.82, 2.24) is 10.4 Å². The number of pyridine rings is 1. The molecule has 1 unspecified atom stereocenters. The second-order valence-corrected chi connectivity index (χ2v) is 4.25. The van der Waals surface area contributed by atoms with Gasteiger partial charge >= 0.3 is 0 Å². The van der Waals surface area contributed by atoms with Gasteiger partial charge in [0.05, 0.1) is 6.04 Å². The van der Waals surface area contributed by atoms with Gasteiger partial charge in [0.25, 0.3) is 0 Å². The number of rotatable bonds is 4. The molecule has 0 saturated heterocycles. The van der Waals surface area contributed by atoms with Gasteiger partial charge in [-0.2, -0.15) is 0 Å². The summed E-state index contributed by atoms with van der Waals surface area (Å²) in [6.07, 6.45) is 4.00. The molecule has 94 valence electrons. The molecule has 0 saturated carbocycles. The SMILES string of the molecule is Cc1cnccc1C(Cc1ccccc1F)NN. The molecular formula is C14H16FN3. The Labute approximate surface area is 106 Å². The highest BCUT2D eigenvalue weighted by molar-refractivity contribution is 5.28. The summed E-state index contributed by atoms with van der Waals surface area (Å²) in [6.45, 7) is 1.97. The number of nitrogens with two attached hydrogens (primary N) is 1. The number of hydrazine groups is 1. The van der Waals surface area contributed by atoms with Gasteiger partial charge in [-0.15, -0.1) is 0 Å². The van der Waals surface area contributed by atoms with Crippen LogP contribution in [0.15, 0.2) is 42.7 Å². The van der Waals surface area contributed by atoms with Crippen LogP contribution in [0, 0.1) is 12.7 Å². The van der Waals surface area contributed by atoms with E-state index in [1.807, 2.05) is 19.1 Å². The molecule has 4 heteroatoms. The fourth-order valence-electron chi connectivity index (χ4n) is 2.02. The van der Waals surface area contributed by atoms with E-state index in [0.717, 1.165) is 11.1 Å². The van der Waals surface area contributed by atoms with Gasteiger partial charge in [0.15, 0.2) is 0 Å². The zero-order chi connectivity index (χ0) is 13.0. The molecule has 1 aromatic carbocycles. The molecule has 18 heavy (non-hydrogen) atoms. The molecule has 1 atom stereocenters. The number of benzene rings is 1. The lowest BCUT2D eigenvalue weighted by Gasteiger charge is -2.18. The number of nitrogens with zero attached hydrogens (tertiary/aromatic N) is 1. The number of halogens is 1. The molecule has 0 amide bonds. The minimum Gasteiger partial charge on any atom is -0.271 e. The Morgan fingerprint density at radius 2 is 2.11 bits per heavy atom. The maximum Gasteiger partial charge on any atom is 0.126 e. The van der Waals surface area contributed by atoms with Crippen LogP contribution in [0.3, 0.4) is 0 Å². The molecule has 0 bridgehead atoms. The van der Waals surface area contributed by atoms with E-state index in [-0.39, 0.29) is 11.9 Å². The fourth-order valence-corrected chi connectivity index (χ4v) is 2.02. The van der Waals surface area contributed by atoms with Gasteiger partial charge in [0, 0.05) is 12.4 Å². The van der Waals surface area contributed by atoms with Crippen LogP contribution in [0.2, 0.25) is 0 Å². The van der Waals surface area contributed by atoms with Gasteiger partial charge in [0.2, 0.25) is 0 Å². The zero-order valence-corrected chi connectivity index (χ0v) is 10.2. The largest absolute Gasteiger partial charge is 0.271 e. The summed E-state index contributed by atoms with van der Waals surface area (Å²) in [5, 5.41) is 0. The monoisotopic (exact) mass is 245 g/mol. The second-order valence-electron chi connectivity index (χ2n) is 4.25. The van der Waals surface area contributed by atoms with Crippen LogP contribution < -0.4 is 11.3 Å². The van der Waals surface area contributed by atoms with Crippen molar-refractivity contribution in [3.05, 3.63) is 65.2 Å². The third kappa shape index (κ3) is 2.72. The Hall–Kier alpha value is -1.78. The lowest BCUT2D eigenvalue weighted by molar-refractivity contribution is 0.527. The third-order valence-electron chi connectivity index (χ3n) is 3.02. The summed E-state index contributed by atoms with van der Waals surface area (Å²) < 4.78 is 13.6.